The molecule has 0 aliphatic rings. The Bertz CT molecular complexity index is 991. The third-order valence-corrected chi connectivity index (χ3v) is 3.70. The number of H-pyrrole nitrogens is 1. The maximum absolute atomic E-state index is 12.4. The normalized spacial score (nSPS) is 10.6. The highest BCUT2D eigenvalue weighted by atomic mass is 16.5. The lowest BCUT2D eigenvalue weighted by Crippen LogP contribution is -2.10. The summed E-state index contributed by atoms with van der Waals surface area (Å²) in [5.74, 6) is 0.538. The Labute approximate surface area is 143 Å². The van der Waals surface area contributed by atoms with Crippen LogP contribution < -0.4 is 5.32 Å². The van der Waals surface area contributed by atoms with Crippen molar-refractivity contribution in [2.45, 2.75) is 0 Å². The molecule has 0 bridgehead atoms. The first-order valence-corrected chi connectivity index (χ1v) is 7.73. The first-order valence-electron chi connectivity index (χ1n) is 7.73. The second-order valence-corrected chi connectivity index (χ2v) is 5.42. The van der Waals surface area contributed by atoms with Crippen LogP contribution in [-0.4, -0.2) is 21.0 Å². The van der Waals surface area contributed by atoms with Crippen LogP contribution in [0, 0.1) is 0 Å². The molecule has 6 heteroatoms. The number of carbonyl (C=O) groups is 1. The van der Waals surface area contributed by atoms with Gasteiger partial charge in [-0.3, -0.25) is 4.79 Å². The number of hydrogen-bond donors (Lipinski definition) is 2. The number of rotatable bonds is 4. The molecule has 122 valence electrons. The average Bonchev–Trinajstić information content (AvgIpc) is 3.35. The molecule has 0 spiro atoms. The van der Waals surface area contributed by atoms with Gasteiger partial charge in [0.15, 0.2) is 0 Å². The molecule has 0 radical (unpaired) electrons. The zero-order valence-electron chi connectivity index (χ0n) is 13.1. The van der Waals surface area contributed by atoms with E-state index in [1.807, 2.05) is 48.5 Å². The van der Waals surface area contributed by atoms with Crippen LogP contribution in [0.5, 0.6) is 0 Å². The minimum atomic E-state index is -0.355. The Balaban J connectivity index is 1.53. The van der Waals surface area contributed by atoms with Gasteiger partial charge in [-0.15, -0.1) is 0 Å². The summed E-state index contributed by atoms with van der Waals surface area (Å²) in [6.45, 7) is 0. The molecule has 0 saturated heterocycles. The SMILES string of the molecule is O=C(Nc1cccc(-c2ncc[nH]2)c1)c1cc(-c2ccccc2)no1. The highest BCUT2D eigenvalue weighted by Crippen LogP contribution is 2.21. The summed E-state index contributed by atoms with van der Waals surface area (Å²) in [7, 11) is 0. The Morgan fingerprint density at radius 1 is 1.00 bits per heavy atom. The second kappa shape index (κ2) is 6.45. The monoisotopic (exact) mass is 330 g/mol. The van der Waals surface area contributed by atoms with Crippen molar-refractivity contribution in [2.24, 2.45) is 0 Å². The van der Waals surface area contributed by atoms with Crippen molar-refractivity contribution in [3.8, 4) is 22.6 Å². The number of nitrogens with zero attached hydrogens (tertiary/aromatic N) is 2. The summed E-state index contributed by atoms with van der Waals surface area (Å²) in [6.07, 6.45) is 3.43. The fraction of sp³-hybridized carbons (Fsp3) is 0. The smallest absolute Gasteiger partial charge is 0.294 e. The van der Waals surface area contributed by atoms with Gasteiger partial charge >= 0.3 is 0 Å². The van der Waals surface area contributed by atoms with E-state index in [1.165, 1.54) is 0 Å². The van der Waals surface area contributed by atoms with E-state index in [-0.39, 0.29) is 11.7 Å². The first-order chi connectivity index (χ1) is 12.3. The van der Waals surface area contributed by atoms with Crippen LogP contribution >= 0.6 is 0 Å². The summed E-state index contributed by atoms with van der Waals surface area (Å²) in [6, 6.07) is 18.6. The molecule has 0 aliphatic carbocycles. The second-order valence-electron chi connectivity index (χ2n) is 5.42. The Morgan fingerprint density at radius 2 is 1.84 bits per heavy atom. The van der Waals surface area contributed by atoms with Crippen LogP contribution in [-0.2, 0) is 0 Å². The highest BCUT2D eigenvalue weighted by molar-refractivity contribution is 6.03. The summed E-state index contributed by atoms with van der Waals surface area (Å²) < 4.78 is 5.17. The first kappa shape index (κ1) is 14.9. The van der Waals surface area contributed by atoms with Crippen molar-refractivity contribution in [2.75, 3.05) is 5.32 Å². The average molecular weight is 330 g/mol. The predicted molar refractivity (Wildman–Crippen MR) is 93.9 cm³/mol. The molecule has 2 aromatic carbocycles. The van der Waals surface area contributed by atoms with E-state index in [0.29, 0.717) is 11.4 Å². The standard InChI is InChI=1S/C19H14N4O2/c24-19(17-12-16(23-25-17)13-5-2-1-3-6-13)22-15-8-4-7-14(11-15)18-20-9-10-21-18/h1-12H,(H,20,21)(H,22,24). The van der Waals surface area contributed by atoms with Gasteiger partial charge in [-0.2, -0.15) is 0 Å². The molecule has 25 heavy (non-hydrogen) atoms. The fourth-order valence-corrected chi connectivity index (χ4v) is 2.49. The molecule has 0 fully saturated rings. The van der Waals surface area contributed by atoms with Crippen molar-refractivity contribution in [3.63, 3.8) is 0 Å². The molecule has 0 atom stereocenters. The lowest BCUT2D eigenvalue weighted by Gasteiger charge is -2.04. The van der Waals surface area contributed by atoms with E-state index in [2.05, 4.69) is 20.4 Å². The number of hydrogen-bond acceptors (Lipinski definition) is 4. The van der Waals surface area contributed by atoms with E-state index in [0.717, 1.165) is 17.0 Å². The van der Waals surface area contributed by atoms with Crippen molar-refractivity contribution in [1.29, 1.82) is 0 Å². The lowest BCUT2D eigenvalue weighted by atomic mass is 10.1. The van der Waals surface area contributed by atoms with Gasteiger partial charge in [-0.05, 0) is 12.1 Å². The third kappa shape index (κ3) is 3.18. The minimum absolute atomic E-state index is 0.155. The van der Waals surface area contributed by atoms with Gasteiger partial charge in [-0.1, -0.05) is 47.6 Å². The molecule has 1 amide bonds. The number of aromatic nitrogens is 3. The largest absolute Gasteiger partial charge is 0.350 e. The van der Waals surface area contributed by atoms with Crippen molar-refractivity contribution in [3.05, 3.63) is 78.8 Å². The van der Waals surface area contributed by atoms with Gasteiger partial charge in [-0.25, -0.2) is 4.98 Å². The maximum Gasteiger partial charge on any atom is 0.294 e. The van der Waals surface area contributed by atoms with E-state index in [1.54, 1.807) is 24.5 Å². The fourth-order valence-electron chi connectivity index (χ4n) is 2.49. The maximum atomic E-state index is 12.4. The summed E-state index contributed by atoms with van der Waals surface area (Å²) in [4.78, 5) is 19.6. The molecule has 0 unspecified atom stereocenters. The van der Waals surface area contributed by atoms with E-state index >= 15 is 0 Å². The lowest BCUT2D eigenvalue weighted by molar-refractivity contribution is 0.0988. The number of aromatic amines is 1. The summed E-state index contributed by atoms with van der Waals surface area (Å²) in [5.41, 5.74) is 3.04. The van der Waals surface area contributed by atoms with Crippen molar-refractivity contribution < 1.29 is 9.32 Å². The van der Waals surface area contributed by atoms with Gasteiger partial charge in [0.2, 0.25) is 5.76 Å². The van der Waals surface area contributed by atoms with Crippen molar-refractivity contribution in [1.82, 2.24) is 15.1 Å². The van der Waals surface area contributed by atoms with Crippen molar-refractivity contribution >= 4 is 11.6 Å². The topological polar surface area (TPSA) is 83.8 Å². The van der Waals surface area contributed by atoms with Crippen LogP contribution in [0.1, 0.15) is 10.6 Å². The predicted octanol–water partition coefficient (Wildman–Crippen LogP) is 3.98. The van der Waals surface area contributed by atoms with Crippen LogP contribution in [0.15, 0.2) is 77.6 Å². The molecule has 2 heterocycles. The summed E-state index contributed by atoms with van der Waals surface area (Å²) >= 11 is 0. The van der Waals surface area contributed by atoms with Crippen LogP contribution in [0.3, 0.4) is 0 Å². The molecule has 0 aliphatic heterocycles. The number of amides is 1. The van der Waals surface area contributed by atoms with E-state index in [9.17, 15) is 4.79 Å². The Morgan fingerprint density at radius 3 is 2.64 bits per heavy atom. The van der Waals surface area contributed by atoms with E-state index < -0.39 is 0 Å². The number of carbonyl (C=O) groups excluding carboxylic acids is 1. The highest BCUT2D eigenvalue weighted by Gasteiger charge is 2.14. The van der Waals surface area contributed by atoms with Gasteiger partial charge in [0, 0.05) is 35.3 Å². The van der Waals surface area contributed by atoms with Crippen LogP contribution in [0.25, 0.3) is 22.6 Å². The molecule has 6 nitrogen and oxygen atoms in total. The number of nitrogens with one attached hydrogen (secondary N) is 2. The number of anilines is 1. The van der Waals surface area contributed by atoms with E-state index in [4.69, 9.17) is 4.52 Å². The quantitative estimate of drug-likeness (QED) is 0.593. The number of benzene rings is 2. The van der Waals surface area contributed by atoms with Gasteiger partial charge in [0.1, 0.15) is 11.5 Å². The van der Waals surface area contributed by atoms with Gasteiger partial charge in [0.05, 0.1) is 0 Å². The molecule has 2 N–H and O–H groups in total. The Kier molecular flexibility index (Phi) is 3.84. The third-order valence-electron chi connectivity index (χ3n) is 3.70. The Hall–Kier alpha value is -3.67. The molecule has 4 rings (SSSR count). The molecular weight excluding hydrogens is 316 g/mol. The minimum Gasteiger partial charge on any atom is -0.350 e. The summed E-state index contributed by atoms with van der Waals surface area (Å²) in [5, 5.41) is 6.77. The molecule has 0 saturated carbocycles. The molecule has 2 aromatic heterocycles. The van der Waals surface area contributed by atoms with Gasteiger partial charge < -0.3 is 14.8 Å². The van der Waals surface area contributed by atoms with Crippen LogP contribution in [0.4, 0.5) is 5.69 Å². The van der Waals surface area contributed by atoms with Crippen LogP contribution in [0.2, 0.25) is 0 Å². The zero-order valence-corrected chi connectivity index (χ0v) is 13.1. The molecular formula is C19H14N4O2. The zero-order chi connectivity index (χ0) is 17.1. The van der Waals surface area contributed by atoms with Gasteiger partial charge in [0.25, 0.3) is 5.91 Å². The molecule has 4 aromatic rings. The number of imidazole rings is 1.